The van der Waals surface area contributed by atoms with Gasteiger partial charge in [-0.1, -0.05) is 13.3 Å². The van der Waals surface area contributed by atoms with Crippen molar-refractivity contribution in [3.05, 3.63) is 30.2 Å². The molecule has 0 aliphatic carbocycles. The number of hydrogen-bond acceptors (Lipinski definition) is 4. The molecule has 0 radical (unpaired) electrons. The molecular weight excluding hydrogens is 257 g/mol. The van der Waals surface area contributed by atoms with Crippen LogP contribution in [-0.2, 0) is 4.74 Å². The summed E-state index contributed by atoms with van der Waals surface area (Å²) in [4.78, 5) is 4.21. The summed E-state index contributed by atoms with van der Waals surface area (Å²) in [5.41, 5.74) is 7.14. The van der Waals surface area contributed by atoms with Gasteiger partial charge >= 0.3 is 0 Å². The van der Waals surface area contributed by atoms with Crippen molar-refractivity contribution in [3.8, 4) is 0 Å². The first-order valence-corrected chi connectivity index (χ1v) is 6.88. The molecule has 0 saturated heterocycles. The molecular formula is C15H20FN3O. The van der Waals surface area contributed by atoms with Crippen molar-refractivity contribution >= 4 is 22.3 Å². The van der Waals surface area contributed by atoms with Crippen molar-refractivity contribution in [2.45, 2.75) is 19.8 Å². The van der Waals surface area contributed by atoms with Crippen molar-refractivity contribution in [2.75, 3.05) is 30.8 Å². The number of nitrogens with two attached hydrogens (primary N) is 1. The molecule has 1 aromatic carbocycles. The second-order valence-electron chi connectivity index (χ2n) is 4.61. The number of aromatic nitrogens is 1. The third kappa shape index (κ3) is 3.36. The summed E-state index contributed by atoms with van der Waals surface area (Å²) >= 11 is 0. The van der Waals surface area contributed by atoms with Gasteiger partial charge in [-0.25, -0.2) is 4.39 Å². The number of hydrogen-bond donors (Lipinski definition) is 2. The predicted octanol–water partition coefficient (Wildman–Crippen LogP) is 3.18. The van der Waals surface area contributed by atoms with Crippen LogP contribution in [0, 0.1) is 5.82 Å². The Balaban J connectivity index is 2.06. The lowest BCUT2D eigenvalue weighted by Gasteiger charge is -2.12. The van der Waals surface area contributed by atoms with Gasteiger partial charge in [-0.2, -0.15) is 0 Å². The van der Waals surface area contributed by atoms with E-state index in [2.05, 4.69) is 17.2 Å². The highest BCUT2D eigenvalue weighted by molar-refractivity contribution is 5.98. The van der Waals surface area contributed by atoms with Gasteiger partial charge < -0.3 is 15.8 Å². The monoisotopic (exact) mass is 277 g/mol. The molecule has 1 heterocycles. The fourth-order valence-corrected chi connectivity index (χ4v) is 2.00. The summed E-state index contributed by atoms with van der Waals surface area (Å²) in [6, 6.07) is 4.94. The van der Waals surface area contributed by atoms with Gasteiger partial charge in [0.05, 0.1) is 17.8 Å². The molecule has 20 heavy (non-hydrogen) atoms. The molecule has 0 aliphatic rings. The van der Waals surface area contributed by atoms with E-state index in [1.165, 1.54) is 6.07 Å². The number of nitrogens with one attached hydrogen (secondary N) is 1. The van der Waals surface area contributed by atoms with Crippen molar-refractivity contribution in [1.82, 2.24) is 4.98 Å². The van der Waals surface area contributed by atoms with Gasteiger partial charge in [0.15, 0.2) is 5.82 Å². The first kappa shape index (κ1) is 14.5. The van der Waals surface area contributed by atoms with Crippen LogP contribution in [0.25, 0.3) is 10.9 Å². The molecule has 0 saturated carbocycles. The minimum atomic E-state index is -0.387. The number of nitrogens with zero attached hydrogens (tertiary/aromatic N) is 1. The molecule has 2 aromatic rings. The summed E-state index contributed by atoms with van der Waals surface area (Å²) in [7, 11) is 0. The standard InChI is InChI=1S/C15H20FN3O/c1-2-3-8-20-9-7-19-15-12(16)10-13(17)11-5-4-6-18-14(11)15/h4-6,10,19H,2-3,7-9,17H2,1H3. The van der Waals surface area contributed by atoms with Crippen LogP contribution in [0.4, 0.5) is 15.8 Å². The van der Waals surface area contributed by atoms with E-state index in [4.69, 9.17) is 10.5 Å². The summed E-state index contributed by atoms with van der Waals surface area (Å²) < 4.78 is 19.4. The van der Waals surface area contributed by atoms with Gasteiger partial charge in [-0.05, 0) is 24.6 Å². The summed E-state index contributed by atoms with van der Waals surface area (Å²) in [6.07, 6.45) is 3.78. The number of benzene rings is 1. The zero-order valence-electron chi connectivity index (χ0n) is 11.7. The third-order valence-corrected chi connectivity index (χ3v) is 3.07. The molecule has 5 heteroatoms. The third-order valence-electron chi connectivity index (χ3n) is 3.07. The molecule has 3 N–H and O–H groups in total. The Morgan fingerprint density at radius 1 is 1.40 bits per heavy atom. The lowest BCUT2D eigenvalue weighted by atomic mass is 10.1. The van der Waals surface area contributed by atoms with Crippen LogP contribution in [-0.4, -0.2) is 24.7 Å². The van der Waals surface area contributed by atoms with Crippen molar-refractivity contribution in [2.24, 2.45) is 0 Å². The van der Waals surface area contributed by atoms with Crippen LogP contribution in [0.2, 0.25) is 0 Å². The zero-order chi connectivity index (χ0) is 14.4. The fourth-order valence-electron chi connectivity index (χ4n) is 2.00. The highest BCUT2D eigenvalue weighted by atomic mass is 19.1. The Morgan fingerprint density at radius 3 is 3.05 bits per heavy atom. The highest BCUT2D eigenvalue weighted by Gasteiger charge is 2.11. The fraction of sp³-hybridized carbons (Fsp3) is 0.400. The number of nitrogen functional groups attached to an aromatic ring is 1. The quantitative estimate of drug-likeness (QED) is 0.603. The largest absolute Gasteiger partial charge is 0.398 e. The number of anilines is 2. The average molecular weight is 277 g/mol. The van der Waals surface area contributed by atoms with Crippen LogP contribution in [0.5, 0.6) is 0 Å². The number of halogens is 1. The van der Waals surface area contributed by atoms with Gasteiger partial charge in [-0.15, -0.1) is 0 Å². The topological polar surface area (TPSA) is 60.2 Å². The summed E-state index contributed by atoms with van der Waals surface area (Å²) in [5, 5.41) is 3.80. The Hall–Kier alpha value is -1.88. The van der Waals surface area contributed by atoms with Crippen molar-refractivity contribution < 1.29 is 9.13 Å². The highest BCUT2D eigenvalue weighted by Crippen LogP contribution is 2.29. The Morgan fingerprint density at radius 2 is 2.25 bits per heavy atom. The van der Waals surface area contributed by atoms with Gasteiger partial charge in [0.1, 0.15) is 0 Å². The van der Waals surface area contributed by atoms with Gasteiger partial charge in [-0.3, -0.25) is 4.98 Å². The molecule has 0 unspecified atom stereocenters. The van der Waals surface area contributed by atoms with Crippen LogP contribution in [0.3, 0.4) is 0 Å². The van der Waals surface area contributed by atoms with E-state index >= 15 is 0 Å². The Kier molecular flexibility index (Phi) is 5.12. The molecule has 0 fully saturated rings. The maximum absolute atomic E-state index is 14.0. The first-order valence-electron chi connectivity index (χ1n) is 6.88. The molecule has 0 aliphatic heterocycles. The lowest BCUT2D eigenvalue weighted by molar-refractivity contribution is 0.141. The van der Waals surface area contributed by atoms with E-state index in [1.807, 2.05) is 6.07 Å². The molecule has 1 aromatic heterocycles. The number of unbranched alkanes of at least 4 members (excludes halogenated alkanes) is 1. The van der Waals surface area contributed by atoms with Crippen LogP contribution in [0.1, 0.15) is 19.8 Å². The molecule has 0 bridgehead atoms. The maximum Gasteiger partial charge on any atom is 0.150 e. The average Bonchev–Trinajstić information content (AvgIpc) is 2.45. The van der Waals surface area contributed by atoms with E-state index in [0.717, 1.165) is 24.8 Å². The Bertz CT molecular complexity index is 574. The molecule has 4 nitrogen and oxygen atoms in total. The Labute approximate surface area is 118 Å². The normalized spacial score (nSPS) is 10.9. The first-order chi connectivity index (χ1) is 9.74. The minimum absolute atomic E-state index is 0.383. The van der Waals surface area contributed by atoms with Gasteiger partial charge in [0, 0.05) is 30.4 Å². The van der Waals surface area contributed by atoms with E-state index in [0.29, 0.717) is 30.0 Å². The minimum Gasteiger partial charge on any atom is -0.398 e. The van der Waals surface area contributed by atoms with Crippen molar-refractivity contribution in [1.29, 1.82) is 0 Å². The van der Waals surface area contributed by atoms with E-state index in [9.17, 15) is 4.39 Å². The number of ether oxygens (including phenoxy) is 1. The maximum atomic E-state index is 14.0. The van der Waals surface area contributed by atoms with E-state index < -0.39 is 0 Å². The van der Waals surface area contributed by atoms with Gasteiger partial charge in [0.25, 0.3) is 0 Å². The second-order valence-corrected chi connectivity index (χ2v) is 4.61. The molecule has 0 amide bonds. The molecule has 0 spiro atoms. The van der Waals surface area contributed by atoms with Crippen LogP contribution >= 0.6 is 0 Å². The summed E-state index contributed by atoms with van der Waals surface area (Å²) in [5.74, 6) is -0.387. The van der Waals surface area contributed by atoms with Crippen molar-refractivity contribution in [3.63, 3.8) is 0 Å². The number of rotatable bonds is 7. The van der Waals surface area contributed by atoms with Crippen LogP contribution in [0.15, 0.2) is 24.4 Å². The molecule has 0 atom stereocenters. The smallest absolute Gasteiger partial charge is 0.150 e. The summed E-state index contributed by atoms with van der Waals surface area (Å²) in [6.45, 7) is 3.93. The van der Waals surface area contributed by atoms with Crippen LogP contribution < -0.4 is 11.1 Å². The predicted molar refractivity (Wildman–Crippen MR) is 80.3 cm³/mol. The second kappa shape index (κ2) is 7.05. The van der Waals surface area contributed by atoms with E-state index in [-0.39, 0.29) is 5.82 Å². The number of fused-ring (bicyclic) bond motifs is 1. The SMILES string of the molecule is CCCCOCCNc1c(F)cc(N)c2cccnc12. The molecule has 2 rings (SSSR count). The number of pyridine rings is 1. The van der Waals surface area contributed by atoms with Gasteiger partial charge in [0.2, 0.25) is 0 Å². The zero-order valence-corrected chi connectivity index (χ0v) is 11.7. The van der Waals surface area contributed by atoms with E-state index in [1.54, 1.807) is 12.3 Å². The lowest BCUT2D eigenvalue weighted by Crippen LogP contribution is -2.12. The molecule has 108 valence electrons.